The van der Waals surface area contributed by atoms with Crippen molar-refractivity contribution in [2.45, 2.75) is 39.5 Å². The van der Waals surface area contributed by atoms with Crippen molar-refractivity contribution < 1.29 is 4.92 Å². The lowest BCUT2D eigenvalue weighted by Gasteiger charge is -2.21. The van der Waals surface area contributed by atoms with Crippen molar-refractivity contribution >= 4 is 23.0 Å². The molecule has 2 heterocycles. The van der Waals surface area contributed by atoms with Crippen LogP contribution in [0.3, 0.4) is 0 Å². The second kappa shape index (κ2) is 7.46. The van der Waals surface area contributed by atoms with Crippen LogP contribution in [-0.2, 0) is 0 Å². The van der Waals surface area contributed by atoms with Gasteiger partial charge in [0, 0.05) is 18.8 Å². The van der Waals surface area contributed by atoms with Gasteiger partial charge in [0.15, 0.2) is 0 Å². The van der Waals surface area contributed by atoms with Crippen LogP contribution in [0.1, 0.15) is 36.8 Å². The van der Waals surface area contributed by atoms with Crippen molar-refractivity contribution in [1.29, 1.82) is 0 Å². The minimum Gasteiger partial charge on any atom is -0.351 e. The van der Waals surface area contributed by atoms with Crippen molar-refractivity contribution in [2.75, 3.05) is 23.3 Å². The molecule has 7 heteroatoms. The Hall–Kier alpha value is -2.70. The molecule has 1 aliphatic rings. The molecule has 1 fully saturated rings. The van der Waals surface area contributed by atoms with E-state index in [-0.39, 0.29) is 16.4 Å². The fourth-order valence-electron chi connectivity index (χ4n) is 3.22. The van der Waals surface area contributed by atoms with E-state index < -0.39 is 0 Å². The summed E-state index contributed by atoms with van der Waals surface area (Å²) in [7, 11) is 0. The molecule has 0 bridgehead atoms. The maximum atomic E-state index is 11.8. The van der Waals surface area contributed by atoms with Crippen LogP contribution < -0.4 is 10.2 Å². The summed E-state index contributed by atoms with van der Waals surface area (Å²) in [6.07, 6.45) is 5.77. The van der Waals surface area contributed by atoms with E-state index in [2.05, 4.69) is 15.3 Å². The van der Waals surface area contributed by atoms with Crippen LogP contribution in [0.25, 0.3) is 0 Å². The van der Waals surface area contributed by atoms with E-state index in [4.69, 9.17) is 0 Å². The van der Waals surface area contributed by atoms with Gasteiger partial charge in [0.25, 0.3) is 0 Å². The molecule has 0 aliphatic carbocycles. The number of nitrogens with one attached hydrogen (secondary N) is 1. The lowest BCUT2D eigenvalue weighted by atomic mass is 10.1. The molecular weight excluding hydrogens is 318 g/mol. The predicted octanol–water partition coefficient (Wildman–Crippen LogP) is 4.13. The maximum Gasteiger partial charge on any atom is 0.353 e. The van der Waals surface area contributed by atoms with Crippen LogP contribution >= 0.6 is 0 Å². The van der Waals surface area contributed by atoms with Crippen LogP contribution in [0.15, 0.2) is 24.5 Å². The summed E-state index contributed by atoms with van der Waals surface area (Å²) in [4.78, 5) is 21.8. The first kappa shape index (κ1) is 17.1. The van der Waals surface area contributed by atoms with Crippen LogP contribution in [-0.4, -0.2) is 28.0 Å². The Morgan fingerprint density at radius 3 is 2.48 bits per heavy atom. The number of anilines is 3. The van der Waals surface area contributed by atoms with E-state index in [1.54, 1.807) is 0 Å². The van der Waals surface area contributed by atoms with Crippen molar-refractivity contribution in [3.8, 4) is 0 Å². The van der Waals surface area contributed by atoms with Gasteiger partial charge in [-0.15, -0.1) is 0 Å². The number of benzene rings is 1. The van der Waals surface area contributed by atoms with Crippen molar-refractivity contribution in [3.63, 3.8) is 0 Å². The number of aryl methyl sites for hydroxylation is 2. The number of hydrogen-bond donors (Lipinski definition) is 1. The topological polar surface area (TPSA) is 84.2 Å². The summed E-state index contributed by atoms with van der Waals surface area (Å²) in [6, 6.07) is 5.92. The van der Waals surface area contributed by atoms with Gasteiger partial charge in [0.05, 0.1) is 4.92 Å². The summed E-state index contributed by atoms with van der Waals surface area (Å²) in [5.41, 5.74) is 2.92. The number of nitro groups is 1. The third-order valence-electron chi connectivity index (χ3n) is 4.53. The van der Waals surface area contributed by atoms with E-state index in [0.29, 0.717) is 5.82 Å². The SMILES string of the molecule is Cc1ccc(Nc2ncnc(N3CCCCCC3)c2[N+](=O)[O-])c(C)c1. The van der Waals surface area contributed by atoms with Crippen LogP contribution in [0, 0.1) is 24.0 Å². The first-order chi connectivity index (χ1) is 12.1. The highest BCUT2D eigenvalue weighted by atomic mass is 16.6. The van der Waals surface area contributed by atoms with Gasteiger partial charge in [-0.1, -0.05) is 30.5 Å². The monoisotopic (exact) mass is 341 g/mol. The van der Waals surface area contributed by atoms with Gasteiger partial charge in [-0.3, -0.25) is 10.1 Å². The summed E-state index contributed by atoms with van der Waals surface area (Å²) >= 11 is 0. The standard InChI is InChI=1S/C18H23N5O2/c1-13-7-8-15(14(2)11-13)21-17-16(23(24)25)18(20-12-19-17)22-9-5-3-4-6-10-22/h7-8,11-12H,3-6,9-10H2,1-2H3,(H,19,20,21). The van der Waals surface area contributed by atoms with Gasteiger partial charge in [-0.05, 0) is 38.3 Å². The molecule has 0 radical (unpaired) electrons. The largest absolute Gasteiger partial charge is 0.353 e. The molecule has 0 spiro atoms. The van der Waals surface area contributed by atoms with E-state index in [1.165, 1.54) is 6.33 Å². The fourth-order valence-corrected chi connectivity index (χ4v) is 3.22. The highest BCUT2D eigenvalue weighted by molar-refractivity contribution is 5.75. The van der Waals surface area contributed by atoms with Crippen molar-refractivity contribution in [3.05, 3.63) is 45.8 Å². The van der Waals surface area contributed by atoms with Crippen LogP contribution in [0.4, 0.5) is 23.0 Å². The molecule has 0 amide bonds. The van der Waals surface area contributed by atoms with Gasteiger partial charge in [-0.2, -0.15) is 0 Å². The Bertz CT molecular complexity index is 770. The first-order valence-corrected chi connectivity index (χ1v) is 8.65. The Kier molecular flexibility index (Phi) is 5.11. The van der Waals surface area contributed by atoms with Crippen LogP contribution in [0.2, 0.25) is 0 Å². The molecule has 0 atom stereocenters. The molecule has 7 nitrogen and oxygen atoms in total. The Labute approximate surface area is 147 Å². The molecule has 25 heavy (non-hydrogen) atoms. The van der Waals surface area contributed by atoms with Gasteiger partial charge < -0.3 is 10.2 Å². The van der Waals surface area contributed by atoms with Crippen molar-refractivity contribution in [2.24, 2.45) is 0 Å². The number of aromatic nitrogens is 2. The minimum atomic E-state index is -0.383. The van der Waals surface area contributed by atoms with Crippen LogP contribution in [0.5, 0.6) is 0 Å². The quantitative estimate of drug-likeness (QED) is 0.665. The van der Waals surface area contributed by atoms with E-state index >= 15 is 0 Å². The molecule has 1 aromatic heterocycles. The molecule has 1 aromatic carbocycles. The third kappa shape index (κ3) is 3.87. The van der Waals surface area contributed by atoms with Gasteiger partial charge >= 0.3 is 5.69 Å². The summed E-state index contributed by atoms with van der Waals surface area (Å²) < 4.78 is 0. The zero-order valence-corrected chi connectivity index (χ0v) is 14.7. The Balaban J connectivity index is 1.98. The Morgan fingerprint density at radius 1 is 1.12 bits per heavy atom. The highest BCUT2D eigenvalue weighted by Gasteiger charge is 2.27. The van der Waals surface area contributed by atoms with Gasteiger partial charge in [0.1, 0.15) is 6.33 Å². The molecule has 2 aromatic rings. The second-order valence-corrected chi connectivity index (χ2v) is 6.50. The predicted molar refractivity (Wildman–Crippen MR) is 98.6 cm³/mol. The Morgan fingerprint density at radius 2 is 1.84 bits per heavy atom. The molecular formula is C18H23N5O2. The lowest BCUT2D eigenvalue weighted by molar-refractivity contribution is -0.383. The maximum absolute atomic E-state index is 11.8. The third-order valence-corrected chi connectivity index (χ3v) is 4.53. The van der Waals surface area contributed by atoms with Gasteiger partial charge in [-0.25, -0.2) is 9.97 Å². The molecule has 3 rings (SSSR count). The van der Waals surface area contributed by atoms with Crippen molar-refractivity contribution in [1.82, 2.24) is 9.97 Å². The zero-order chi connectivity index (χ0) is 17.8. The lowest BCUT2D eigenvalue weighted by Crippen LogP contribution is -2.26. The molecule has 1 aliphatic heterocycles. The average Bonchev–Trinajstić information content (AvgIpc) is 2.86. The molecule has 132 valence electrons. The smallest absolute Gasteiger partial charge is 0.351 e. The highest BCUT2D eigenvalue weighted by Crippen LogP contribution is 2.35. The summed E-state index contributed by atoms with van der Waals surface area (Å²) in [6.45, 7) is 5.57. The number of rotatable bonds is 4. The first-order valence-electron chi connectivity index (χ1n) is 8.65. The second-order valence-electron chi connectivity index (χ2n) is 6.50. The molecule has 1 N–H and O–H groups in total. The fraction of sp³-hybridized carbons (Fsp3) is 0.444. The number of nitrogens with zero attached hydrogens (tertiary/aromatic N) is 4. The normalized spacial score (nSPS) is 14.9. The van der Waals surface area contributed by atoms with E-state index in [0.717, 1.165) is 55.6 Å². The van der Waals surface area contributed by atoms with E-state index in [9.17, 15) is 10.1 Å². The average molecular weight is 341 g/mol. The minimum absolute atomic E-state index is 0.0515. The summed E-state index contributed by atoms with van der Waals surface area (Å²) in [5.74, 6) is 0.653. The number of hydrogen-bond acceptors (Lipinski definition) is 6. The van der Waals surface area contributed by atoms with E-state index in [1.807, 2.05) is 36.9 Å². The molecule has 1 saturated heterocycles. The zero-order valence-electron chi connectivity index (χ0n) is 14.7. The molecule has 0 unspecified atom stereocenters. The summed E-state index contributed by atoms with van der Waals surface area (Å²) in [5, 5.41) is 14.9. The molecule has 0 saturated carbocycles. The van der Waals surface area contributed by atoms with Gasteiger partial charge in [0.2, 0.25) is 11.6 Å².